The predicted molar refractivity (Wildman–Crippen MR) is 94.6 cm³/mol. The van der Waals surface area contributed by atoms with Crippen molar-refractivity contribution < 1.29 is 4.79 Å². The van der Waals surface area contributed by atoms with E-state index in [0.717, 1.165) is 24.3 Å². The lowest BCUT2D eigenvalue weighted by Crippen LogP contribution is -2.23. The summed E-state index contributed by atoms with van der Waals surface area (Å²) in [5, 5.41) is 6.18. The summed E-state index contributed by atoms with van der Waals surface area (Å²) in [4.78, 5) is 16.4. The van der Waals surface area contributed by atoms with Gasteiger partial charge >= 0.3 is 0 Å². The van der Waals surface area contributed by atoms with Crippen molar-refractivity contribution in [3.05, 3.63) is 59.3 Å². The topological polar surface area (TPSA) is 54.0 Å². The van der Waals surface area contributed by atoms with Gasteiger partial charge < -0.3 is 10.6 Å². The smallest absolute Gasteiger partial charge is 0.253 e. The Morgan fingerprint density at radius 2 is 1.87 bits per heavy atom. The van der Waals surface area contributed by atoms with Gasteiger partial charge in [0.25, 0.3) is 5.91 Å². The van der Waals surface area contributed by atoms with Gasteiger partial charge in [-0.25, -0.2) is 4.98 Å². The Morgan fingerprint density at radius 3 is 2.52 bits per heavy atom. The van der Waals surface area contributed by atoms with E-state index in [1.807, 2.05) is 37.3 Å². The molecule has 23 heavy (non-hydrogen) atoms. The summed E-state index contributed by atoms with van der Waals surface area (Å²) in [6.07, 6.45) is 5.17. The summed E-state index contributed by atoms with van der Waals surface area (Å²) in [7, 11) is 0. The first-order valence-electron chi connectivity index (χ1n) is 8.22. The maximum atomic E-state index is 12.1. The zero-order valence-electron chi connectivity index (χ0n) is 13.9. The second-order valence-corrected chi connectivity index (χ2v) is 5.73. The SMILES string of the molecule is CCCCCNc1ccc(C(=O)NCc2ccc(C)cc2)cn1. The molecule has 0 atom stereocenters. The molecule has 0 bridgehead atoms. The average molecular weight is 311 g/mol. The molecule has 1 heterocycles. The fourth-order valence-corrected chi connectivity index (χ4v) is 2.21. The van der Waals surface area contributed by atoms with Crippen LogP contribution < -0.4 is 10.6 Å². The van der Waals surface area contributed by atoms with Crippen molar-refractivity contribution in [3.63, 3.8) is 0 Å². The number of hydrogen-bond donors (Lipinski definition) is 2. The number of benzene rings is 1. The molecule has 0 saturated carbocycles. The maximum Gasteiger partial charge on any atom is 0.253 e. The normalized spacial score (nSPS) is 10.3. The number of unbranched alkanes of at least 4 members (excludes halogenated alkanes) is 2. The minimum absolute atomic E-state index is 0.101. The highest BCUT2D eigenvalue weighted by Crippen LogP contribution is 2.07. The Morgan fingerprint density at radius 1 is 1.09 bits per heavy atom. The molecule has 4 heteroatoms. The first kappa shape index (κ1) is 17.0. The molecule has 0 spiro atoms. The number of rotatable bonds is 8. The van der Waals surface area contributed by atoms with Crippen molar-refractivity contribution in [1.82, 2.24) is 10.3 Å². The van der Waals surface area contributed by atoms with E-state index < -0.39 is 0 Å². The quantitative estimate of drug-likeness (QED) is 0.726. The molecule has 2 N–H and O–H groups in total. The van der Waals surface area contributed by atoms with Gasteiger partial charge in [0, 0.05) is 19.3 Å². The molecule has 122 valence electrons. The molecule has 1 aromatic carbocycles. The van der Waals surface area contributed by atoms with Crippen molar-refractivity contribution in [3.8, 4) is 0 Å². The van der Waals surface area contributed by atoms with E-state index in [4.69, 9.17) is 0 Å². The molecule has 0 fully saturated rings. The Bertz CT molecular complexity index is 606. The van der Waals surface area contributed by atoms with Crippen LogP contribution in [-0.4, -0.2) is 17.4 Å². The van der Waals surface area contributed by atoms with Crippen LogP contribution in [0.3, 0.4) is 0 Å². The monoisotopic (exact) mass is 311 g/mol. The van der Waals surface area contributed by atoms with Crippen LogP contribution in [0.5, 0.6) is 0 Å². The van der Waals surface area contributed by atoms with Gasteiger partial charge in [0.05, 0.1) is 5.56 Å². The van der Waals surface area contributed by atoms with Crippen LogP contribution >= 0.6 is 0 Å². The second kappa shape index (κ2) is 8.93. The molecule has 0 aliphatic rings. The van der Waals surface area contributed by atoms with Crippen LogP contribution in [0, 0.1) is 6.92 Å². The molecular formula is C19H25N3O. The van der Waals surface area contributed by atoms with E-state index in [9.17, 15) is 4.79 Å². The standard InChI is InChI=1S/C19H25N3O/c1-3-4-5-12-20-18-11-10-17(14-21-18)19(23)22-13-16-8-6-15(2)7-9-16/h6-11,14H,3-5,12-13H2,1-2H3,(H,20,21)(H,22,23). The third-order valence-electron chi connectivity index (χ3n) is 3.69. The Labute approximate surface area is 138 Å². The number of amides is 1. The van der Waals surface area contributed by atoms with Gasteiger partial charge in [0.2, 0.25) is 0 Å². The third kappa shape index (κ3) is 5.74. The fourth-order valence-electron chi connectivity index (χ4n) is 2.21. The summed E-state index contributed by atoms with van der Waals surface area (Å²) in [5.41, 5.74) is 2.88. The molecule has 0 unspecified atom stereocenters. The highest BCUT2D eigenvalue weighted by Gasteiger charge is 2.06. The van der Waals surface area contributed by atoms with Crippen LogP contribution in [0.4, 0.5) is 5.82 Å². The number of nitrogens with zero attached hydrogens (tertiary/aromatic N) is 1. The first-order chi connectivity index (χ1) is 11.2. The molecule has 0 aliphatic carbocycles. The van der Waals surface area contributed by atoms with Crippen molar-refractivity contribution >= 4 is 11.7 Å². The van der Waals surface area contributed by atoms with Gasteiger partial charge in [-0.05, 0) is 31.0 Å². The van der Waals surface area contributed by atoms with Crippen LogP contribution in [-0.2, 0) is 6.54 Å². The number of nitrogens with one attached hydrogen (secondary N) is 2. The maximum absolute atomic E-state index is 12.1. The number of aromatic nitrogens is 1. The minimum Gasteiger partial charge on any atom is -0.370 e. The highest BCUT2D eigenvalue weighted by molar-refractivity contribution is 5.93. The largest absolute Gasteiger partial charge is 0.370 e. The molecular weight excluding hydrogens is 286 g/mol. The number of carbonyl (C=O) groups excluding carboxylic acids is 1. The van der Waals surface area contributed by atoms with Crippen molar-refractivity contribution in [2.75, 3.05) is 11.9 Å². The van der Waals surface area contributed by atoms with E-state index in [1.54, 1.807) is 12.3 Å². The van der Waals surface area contributed by atoms with Gasteiger partial charge in [-0.1, -0.05) is 49.6 Å². The molecule has 0 saturated heterocycles. The molecule has 2 rings (SSSR count). The lowest BCUT2D eigenvalue weighted by Gasteiger charge is -2.07. The van der Waals surface area contributed by atoms with Gasteiger partial charge in [-0.15, -0.1) is 0 Å². The van der Waals surface area contributed by atoms with Gasteiger partial charge in [0.15, 0.2) is 0 Å². The Balaban J connectivity index is 1.81. The van der Waals surface area contributed by atoms with Crippen LogP contribution in [0.15, 0.2) is 42.6 Å². The Kier molecular flexibility index (Phi) is 6.60. The molecule has 0 radical (unpaired) electrons. The van der Waals surface area contributed by atoms with E-state index in [0.29, 0.717) is 12.1 Å². The van der Waals surface area contributed by atoms with Gasteiger partial charge in [0.1, 0.15) is 5.82 Å². The molecule has 1 amide bonds. The predicted octanol–water partition coefficient (Wildman–Crippen LogP) is 3.92. The Hall–Kier alpha value is -2.36. The summed E-state index contributed by atoms with van der Waals surface area (Å²) in [6, 6.07) is 11.8. The number of anilines is 1. The minimum atomic E-state index is -0.101. The van der Waals surface area contributed by atoms with Crippen LogP contribution in [0.25, 0.3) is 0 Å². The van der Waals surface area contributed by atoms with E-state index in [2.05, 4.69) is 22.5 Å². The number of hydrogen-bond acceptors (Lipinski definition) is 3. The lowest BCUT2D eigenvalue weighted by molar-refractivity contribution is 0.0950. The van der Waals surface area contributed by atoms with E-state index in [-0.39, 0.29) is 5.91 Å². The summed E-state index contributed by atoms with van der Waals surface area (Å²) in [6.45, 7) is 5.67. The number of carbonyl (C=O) groups is 1. The molecule has 4 nitrogen and oxygen atoms in total. The van der Waals surface area contributed by atoms with Gasteiger partial charge in [-0.3, -0.25) is 4.79 Å². The van der Waals surface area contributed by atoms with E-state index >= 15 is 0 Å². The van der Waals surface area contributed by atoms with Crippen LogP contribution in [0.1, 0.15) is 47.7 Å². The first-order valence-corrected chi connectivity index (χ1v) is 8.22. The summed E-state index contributed by atoms with van der Waals surface area (Å²) < 4.78 is 0. The van der Waals surface area contributed by atoms with Crippen molar-refractivity contribution in [2.24, 2.45) is 0 Å². The number of pyridine rings is 1. The van der Waals surface area contributed by atoms with Crippen molar-refractivity contribution in [1.29, 1.82) is 0 Å². The fraction of sp³-hybridized carbons (Fsp3) is 0.368. The zero-order valence-corrected chi connectivity index (χ0v) is 13.9. The van der Waals surface area contributed by atoms with E-state index in [1.165, 1.54) is 18.4 Å². The molecule has 0 aliphatic heterocycles. The van der Waals surface area contributed by atoms with Crippen LogP contribution in [0.2, 0.25) is 0 Å². The summed E-state index contributed by atoms with van der Waals surface area (Å²) in [5.74, 6) is 0.715. The summed E-state index contributed by atoms with van der Waals surface area (Å²) >= 11 is 0. The zero-order chi connectivity index (χ0) is 16.5. The highest BCUT2D eigenvalue weighted by atomic mass is 16.1. The van der Waals surface area contributed by atoms with Crippen molar-refractivity contribution in [2.45, 2.75) is 39.7 Å². The molecule has 2 aromatic rings. The average Bonchev–Trinajstić information content (AvgIpc) is 2.58. The van der Waals surface area contributed by atoms with Gasteiger partial charge in [-0.2, -0.15) is 0 Å². The second-order valence-electron chi connectivity index (χ2n) is 5.73. The lowest BCUT2D eigenvalue weighted by atomic mass is 10.1. The molecule has 1 aromatic heterocycles. The number of aryl methyl sites for hydroxylation is 1. The third-order valence-corrected chi connectivity index (χ3v) is 3.69.